The number of carbonyl (C=O) groups is 3. The van der Waals surface area contributed by atoms with Gasteiger partial charge in [0.1, 0.15) is 0 Å². The molecule has 21 heavy (non-hydrogen) atoms. The monoisotopic (exact) mass is 290 g/mol. The van der Waals surface area contributed by atoms with Gasteiger partial charge >= 0.3 is 11.9 Å². The number of amides is 2. The maximum absolute atomic E-state index is 12.0. The van der Waals surface area contributed by atoms with Crippen LogP contribution in [0.2, 0.25) is 0 Å². The third-order valence-corrected chi connectivity index (χ3v) is 3.27. The summed E-state index contributed by atoms with van der Waals surface area (Å²) in [6.45, 7) is 4.10. The fraction of sp³-hybridized carbons (Fsp3) is 0.400. The molecular weight excluding hydrogens is 272 g/mol. The van der Waals surface area contributed by atoms with E-state index in [-0.39, 0.29) is 25.0 Å². The van der Waals surface area contributed by atoms with Gasteiger partial charge in [-0.05, 0) is 26.0 Å². The van der Waals surface area contributed by atoms with Crippen molar-refractivity contribution >= 4 is 23.5 Å². The number of esters is 1. The number of nitrogens with zero attached hydrogens (tertiary/aromatic N) is 1. The van der Waals surface area contributed by atoms with Crippen molar-refractivity contribution in [1.29, 1.82) is 0 Å². The molecule has 0 aliphatic carbocycles. The van der Waals surface area contributed by atoms with Crippen LogP contribution in [0, 0.1) is 6.92 Å². The molecule has 1 atom stereocenters. The zero-order valence-corrected chi connectivity index (χ0v) is 12.1. The second kappa shape index (κ2) is 6.39. The Labute approximate surface area is 123 Å². The summed E-state index contributed by atoms with van der Waals surface area (Å²) >= 11 is 0. The molecule has 6 nitrogen and oxygen atoms in total. The van der Waals surface area contributed by atoms with Gasteiger partial charge in [0, 0.05) is 18.7 Å². The summed E-state index contributed by atoms with van der Waals surface area (Å²) in [5.74, 6) is -1.80. The molecule has 0 radical (unpaired) electrons. The highest BCUT2D eigenvalue weighted by molar-refractivity contribution is 6.32. The topological polar surface area (TPSA) is 75.7 Å². The molecule has 0 spiro atoms. The molecule has 1 fully saturated rings. The smallest absolute Gasteiger partial charge is 0.396 e. The quantitative estimate of drug-likeness (QED) is 0.659. The van der Waals surface area contributed by atoms with Gasteiger partial charge in [-0.25, -0.2) is 4.79 Å². The van der Waals surface area contributed by atoms with Crippen LogP contribution in [-0.2, 0) is 19.1 Å². The van der Waals surface area contributed by atoms with Gasteiger partial charge in [-0.3, -0.25) is 9.59 Å². The minimum Gasteiger partial charge on any atom is -0.459 e. The van der Waals surface area contributed by atoms with E-state index >= 15 is 0 Å². The van der Waals surface area contributed by atoms with Gasteiger partial charge in [0.15, 0.2) is 0 Å². The van der Waals surface area contributed by atoms with E-state index in [4.69, 9.17) is 0 Å². The Balaban J connectivity index is 1.98. The molecular formula is C15H18N2O4. The van der Waals surface area contributed by atoms with Crippen LogP contribution in [0.5, 0.6) is 0 Å². The molecule has 0 saturated carbocycles. The average molecular weight is 290 g/mol. The van der Waals surface area contributed by atoms with Crippen molar-refractivity contribution in [2.24, 2.45) is 0 Å². The number of benzene rings is 1. The van der Waals surface area contributed by atoms with E-state index in [2.05, 4.69) is 10.1 Å². The minimum absolute atomic E-state index is 0.0759. The van der Waals surface area contributed by atoms with Gasteiger partial charge in [0.2, 0.25) is 5.91 Å². The lowest BCUT2D eigenvalue weighted by Gasteiger charge is -2.17. The van der Waals surface area contributed by atoms with Crippen molar-refractivity contribution in [3.8, 4) is 0 Å². The van der Waals surface area contributed by atoms with Gasteiger partial charge in [0.05, 0.1) is 12.6 Å². The molecule has 1 aromatic carbocycles. The van der Waals surface area contributed by atoms with Gasteiger partial charge in [-0.1, -0.05) is 17.7 Å². The summed E-state index contributed by atoms with van der Waals surface area (Å²) in [6, 6.07) is 7.20. The molecule has 0 unspecified atom stereocenters. The molecule has 2 rings (SSSR count). The van der Waals surface area contributed by atoms with E-state index in [1.807, 2.05) is 31.2 Å². The summed E-state index contributed by atoms with van der Waals surface area (Å²) in [5.41, 5.74) is 1.90. The summed E-state index contributed by atoms with van der Waals surface area (Å²) < 4.78 is 4.62. The van der Waals surface area contributed by atoms with Crippen LogP contribution >= 0.6 is 0 Å². The molecule has 1 N–H and O–H groups in total. The molecule has 1 aliphatic heterocycles. The predicted octanol–water partition coefficient (Wildman–Crippen LogP) is 0.780. The first kappa shape index (κ1) is 15.0. The summed E-state index contributed by atoms with van der Waals surface area (Å²) in [4.78, 5) is 36.4. The molecule has 1 heterocycles. The third kappa shape index (κ3) is 3.59. The van der Waals surface area contributed by atoms with Crippen molar-refractivity contribution in [2.75, 3.05) is 18.1 Å². The van der Waals surface area contributed by atoms with E-state index in [9.17, 15) is 14.4 Å². The summed E-state index contributed by atoms with van der Waals surface area (Å²) in [7, 11) is 0. The molecule has 2 amide bonds. The largest absolute Gasteiger partial charge is 0.459 e. The second-order valence-electron chi connectivity index (χ2n) is 4.93. The maximum Gasteiger partial charge on any atom is 0.396 e. The van der Waals surface area contributed by atoms with E-state index < -0.39 is 11.9 Å². The number of rotatable bonds is 3. The highest BCUT2D eigenvalue weighted by Gasteiger charge is 2.32. The summed E-state index contributed by atoms with van der Waals surface area (Å²) in [6.07, 6.45) is 0.180. The Morgan fingerprint density at radius 1 is 1.33 bits per heavy atom. The number of anilines is 1. The normalized spacial score (nSPS) is 17.7. The third-order valence-electron chi connectivity index (χ3n) is 3.27. The van der Waals surface area contributed by atoms with Crippen LogP contribution < -0.4 is 10.2 Å². The molecule has 0 aromatic heterocycles. The lowest BCUT2D eigenvalue weighted by Crippen LogP contribution is -2.41. The number of carbonyl (C=O) groups excluding carboxylic acids is 3. The van der Waals surface area contributed by atoms with Crippen molar-refractivity contribution < 1.29 is 19.1 Å². The molecule has 1 aromatic rings. The number of nitrogens with one attached hydrogen (secondary N) is 1. The highest BCUT2D eigenvalue weighted by atomic mass is 16.5. The van der Waals surface area contributed by atoms with Gasteiger partial charge < -0.3 is 15.0 Å². The van der Waals surface area contributed by atoms with Crippen LogP contribution in [0.4, 0.5) is 5.69 Å². The lowest BCUT2D eigenvalue weighted by atomic mass is 10.2. The molecule has 0 bridgehead atoms. The van der Waals surface area contributed by atoms with Crippen molar-refractivity contribution in [3.05, 3.63) is 29.8 Å². The number of aryl methyl sites for hydroxylation is 1. The first-order valence-corrected chi connectivity index (χ1v) is 6.86. The SMILES string of the molecule is CCOC(=O)C(=O)N[C@H]1CC(=O)N(c2ccc(C)cc2)C1. The standard InChI is InChI=1S/C15H18N2O4/c1-3-21-15(20)14(19)16-11-8-13(18)17(9-11)12-6-4-10(2)5-7-12/h4-7,11H,3,8-9H2,1-2H3,(H,16,19)/t11-/m0/s1. The van der Waals surface area contributed by atoms with Crippen LogP contribution in [0.3, 0.4) is 0 Å². The van der Waals surface area contributed by atoms with Gasteiger partial charge in [-0.15, -0.1) is 0 Å². The molecule has 1 saturated heterocycles. The van der Waals surface area contributed by atoms with E-state index in [0.29, 0.717) is 6.54 Å². The molecule has 1 aliphatic rings. The van der Waals surface area contributed by atoms with Crippen molar-refractivity contribution in [3.63, 3.8) is 0 Å². The average Bonchev–Trinajstić information content (AvgIpc) is 2.80. The fourth-order valence-corrected chi connectivity index (χ4v) is 2.22. The highest BCUT2D eigenvalue weighted by Crippen LogP contribution is 2.21. The Morgan fingerprint density at radius 2 is 2.00 bits per heavy atom. The number of ether oxygens (including phenoxy) is 1. The predicted molar refractivity (Wildman–Crippen MR) is 76.7 cm³/mol. The van der Waals surface area contributed by atoms with Crippen LogP contribution in [-0.4, -0.2) is 37.0 Å². The minimum atomic E-state index is -0.918. The molecule has 6 heteroatoms. The lowest BCUT2D eigenvalue weighted by molar-refractivity contribution is -0.154. The van der Waals surface area contributed by atoms with E-state index in [1.54, 1.807) is 11.8 Å². The van der Waals surface area contributed by atoms with Gasteiger partial charge in [0.25, 0.3) is 0 Å². The van der Waals surface area contributed by atoms with E-state index in [1.165, 1.54) is 0 Å². The van der Waals surface area contributed by atoms with Crippen LogP contribution in [0.15, 0.2) is 24.3 Å². The second-order valence-corrected chi connectivity index (χ2v) is 4.93. The Bertz CT molecular complexity index is 553. The number of hydrogen-bond donors (Lipinski definition) is 1. The van der Waals surface area contributed by atoms with Crippen molar-refractivity contribution in [2.45, 2.75) is 26.3 Å². The Hall–Kier alpha value is -2.37. The maximum atomic E-state index is 12.0. The molecule has 112 valence electrons. The Morgan fingerprint density at radius 3 is 2.62 bits per heavy atom. The Kier molecular flexibility index (Phi) is 4.57. The summed E-state index contributed by atoms with van der Waals surface area (Å²) in [5, 5.41) is 2.53. The first-order chi connectivity index (χ1) is 10.0. The zero-order valence-electron chi connectivity index (χ0n) is 12.1. The van der Waals surface area contributed by atoms with Crippen LogP contribution in [0.25, 0.3) is 0 Å². The fourth-order valence-electron chi connectivity index (χ4n) is 2.22. The zero-order chi connectivity index (χ0) is 15.4. The van der Waals surface area contributed by atoms with Crippen LogP contribution in [0.1, 0.15) is 18.9 Å². The van der Waals surface area contributed by atoms with E-state index in [0.717, 1.165) is 11.3 Å². The number of hydrogen-bond acceptors (Lipinski definition) is 4. The first-order valence-electron chi connectivity index (χ1n) is 6.86. The van der Waals surface area contributed by atoms with Gasteiger partial charge in [-0.2, -0.15) is 0 Å². The van der Waals surface area contributed by atoms with Crippen molar-refractivity contribution in [1.82, 2.24) is 5.32 Å².